The van der Waals surface area contributed by atoms with Gasteiger partial charge in [0.15, 0.2) is 0 Å². The summed E-state index contributed by atoms with van der Waals surface area (Å²) in [5.74, 6) is 6.40. The molecule has 0 bridgehead atoms. The Kier molecular flexibility index (Phi) is 4.14. The Morgan fingerprint density at radius 3 is 2.85 bits per heavy atom. The molecule has 1 nitrogen and oxygen atoms in total. The normalized spacial score (nSPS) is 9.08. The van der Waals surface area contributed by atoms with Crippen molar-refractivity contribution in [3.8, 4) is 17.6 Å². The Morgan fingerprint density at radius 2 is 2.23 bits per heavy atom. The predicted molar refractivity (Wildman–Crippen MR) is 58.0 cm³/mol. The summed E-state index contributed by atoms with van der Waals surface area (Å²) >= 11 is 8.71. The molecule has 0 radical (unpaired) electrons. The Labute approximate surface area is 90.9 Å². The van der Waals surface area contributed by atoms with Crippen molar-refractivity contribution >= 4 is 27.5 Å². The molecule has 3 heteroatoms. The molecule has 0 unspecified atom stereocenters. The molecule has 0 aliphatic heterocycles. The molecule has 0 aliphatic carbocycles. The number of halogens is 2. The SMILES string of the molecule is Oc1cc(Br)ccc1C#CCCCl. The number of phenols is 1. The Bertz CT molecular complexity index is 352. The van der Waals surface area contributed by atoms with Crippen LogP contribution in [0.2, 0.25) is 0 Å². The van der Waals surface area contributed by atoms with Crippen LogP contribution in [0, 0.1) is 11.8 Å². The Balaban J connectivity index is 2.85. The number of rotatable bonds is 1. The van der Waals surface area contributed by atoms with Crippen LogP contribution in [0.4, 0.5) is 0 Å². The standard InChI is InChI=1S/C10H8BrClO/c11-9-5-4-8(10(13)7-9)3-1-2-6-12/h4-5,7,13H,2,6H2. The van der Waals surface area contributed by atoms with Gasteiger partial charge in [-0.1, -0.05) is 27.8 Å². The van der Waals surface area contributed by atoms with Crippen LogP contribution in [-0.4, -0.2) is 11.0 Å². The molecule has 0 fully saturated rings. The molecule has 1 aromatic rings. The maximum Gasteiger partial charge on any atom is 0.132 e. The number of hydrogen-bond donors (Lipinski definition) is 1. The fourth-order valence-corrected chi connectivity index (χ4v) is 1.26. The van der Waals surface area contributed by atoms with Gasteiger partial charge in [-0.3, -0.25) is 0 Å². The maximum absolute atomic E-state index is 9.43. The highest BCUT2D eigenvalue weighted by molar-refractivity contribution is 9.10. The monoisotopic (exact) mass is 258 g/mol. The average molecular weight is 260 g/mol. The van der Waals surface area contributed by atoms with Gasteiger partial charge in [0.1, 0.15) is 5.75 Å². The first kappa shape index (κ1) is 10.4. The highest BCUT2D eigenvalue weighted by Gasteiger charge is 1.96. The summed E-state index contributed by atoms with van der Waals surface area (Å²) < 4.78 is 0.841. The van der Waals surface area contributed by atoms with Crippen molar-refractivity contribution in [3.05, 3.63) is 28.2 Å². The Morgan fingerprint density at radius 1 is 1.46 bits per heavy atom. The molecule has 1 N–H and O–H groups in total. The van der Waals surface area contributed by atoms with E-state index in [9.17, 15) is 5.11 Å². The average Bonchev–Trinajstić information content (AvgIpc) is 2.09. The van der Waals surface area contributed by atoms with Crippen molar-refractivity contribution in [1.29, 1.82) is 0 Å². The lowest BCUT2D eigenvalue weighted by atomic mass is 10.2. The van der Waals surface area contributed by atoms with Gasteiger partial charge < -0.3 is 5.11 Å². The molecule has 13 heavy (non-hydrogen) atoms. The van der Waals surface area contributed by atoms with Gasteiger partial charge in [-0.05, 0) is 18.2 Å². The van der Waals surface area contributed by atoms with Gasteiger partial charge in [0.05, 0.1) is 5.56 Å². The molecule has 0 atom stereocenters. The summed E-state index contributed by atoms with van der Waals surface area (Å²) in [6.45, 7) is 0. The van der Waals surface area contributed by atoms with Crippen LogP contribution in [0.1, 0.15) is 12.0 Å². The third-order valence-electron chi connectivity index (χ3n) is 1.40. The third-order valence-corrected chi connectivity index (χ3v) is 2.08. The van der Waals surface area contributed by atoms with Crippen LogP contribution in [0.5, 0.6) is 5.75 Å². The van der Waals surface area contributed by atoms with Crippen LogP contribution in [0.15, 0.2) is 22.7 Å². The number of benzene rings is 1. The lowest BCUT2D eigenvalue weighted by Gasteiger charge is -1.96. The van der Waals surface area contributed by atoms with E-state index in [0.717, 1.165) is 4.47 Å². The molecule has 0 aliphatic rings. The Hall–Kier alpha value is -0.650. The zero-order chi connectivity index (χ0) is 9.68. The van der Waals surface area contributed by atoms with E-state index in [-0.39, 0.29) is 5.75 Å². The second kappa shape index (κ2) is 5.16. The number of alkyl halides is 1. The predicted octanol–water partition coefficient (Wildman–Crippen LogP) is 3.14. The first-order chi connectivity index (χ1) is 6.24. The topological polar surface area (TPSA) is 20.2 Å². The molecule has 0 saturated carbocycles. The second-order valence-corrected chi connectivity index (χ2v) is 3.70. The highest BCUT2D eigenvalue weighted by atomic mass is 79.9. The fourth-order valence-electron chi connectivity index (χ4n) is 0.815. The van der Waals surface area contributed by atoms with Crippen LogP contribution in [0.3, 0.4) is 0 Å². The minimum Gasteiger partial charge on any atom is -0.507 e. The van der Waals surface area contributed by atoms with Gasteiger partial charge in [-0.2, -0.15) is 0 Å². The molecule has 0 aromatic heterocycles. The highest BCUT2D eigenvalue weighted by Crippen LogP contribution is 2.21. The molecule has 0 heterocycles. The zero-order valence-corrected chi connectivity index (χ0v) is 9.19. The smallest absolute Gasteiger partial charge is 0.132 e. The molecule has 0 saturated heterocycles. The lowest BCUT2D eigenvalue weighted by molar-refractivity contribution is 0.473. The minimum absolute atomic E-state index is 0.191. The van der Waals surface area contributed by atoms with E-state index >= 15 is 0 Å². The lowest BCUT2D eigenvalue weighted by Crippen LogP contribution is -1.76. The van der Waals surface area contributed by atoms with Crippen molar-refractivity contribution in [3.63, 3.8) is 0 Å². The summed E-state index contributed by atoms with van der Waals surface area (Å²) in [6, 6.07) is 5.22. The summed E-state index contributed by atoms with van der Waals surface area (Å²) in [7, 11) is 0. The van der Waals surface area contributed by atoms with Crippen molar-refractivity contribution in [1.82, 2.24) is 0 Å². The maximum atomic E-state index is 9.43. The number of phenolic OH excluding ortho intramolecular Hbond substituents is 1. The largest absolute Gasteiger partial charge is 0.507 e. The van der Waals surface area contributed by atoms with E-state index in [0.29, 0.717) is 17.9 Å². The molecular formula is C10H8BrClO. The van der Waals surface area contributed by atoms with Gasteiger partial charge in [0.25, 0.3) is 0 Å². The van der Waals surface area contributed by atoms with E-state index in [1.54, 1.807) is 12.1 Å². The van der Waals surface area contributed by atoms with Crippen LogP contribution >= 0.6 is 27.5 Å². The van der Waals surface area contributed by atoms with Crippen LogP contribution in [0.25, 0.3) is 0 Å². The van der Waals surface area contributed by atoms with Gasteiger partial charge in [-0.25, -0.2) is 0 Å². The third kappa shape index (κ3) is 3.30. The van der Waals surface area contributed by atoms with Crippen molar-refractivity contribution in [2.75, 3.05) is 5.88 Å². The number of hydrogen-bond acceptors (Lipinski definition) is 1. The van der Waals surface area contributed by atoms with Crippen molar-refractivity contribution in [2.45, 2.75) is 6.42 Å². The van der Waals surface area contributed by atoms with E-state index < -0.39 is 0 Å². The molecular weight excluding hydrogens is 251 g/mol. The van der Waals surface area contributed by atoms with E-state index in [2.05, 4.69) is 27.8 Å². The fraction of sp³-hybridized carbons (Fsp3) is 0.200. The summed E-state index contributed by atoms with van der Waals surface area (Å²) in [6.07, 6.45) is 0.636. The minimum atomic E-state index is 0.191. The molecule has 0 spiro atoms. The first-order valence-electron chi connectivity index (χ1n) is 3.77. The first-order valence-corrected chi connectivity index (χ1v) is 5.10. The van der Waals surface area contributed by atoms with Gasteiger partial charge in [-0.15, -0.1) is 11.6 Å². The van der Waals surface area contributed by atoms with Gasteiger partial charge >= 0.3 is 0 Å². The molecule has 1 aromatic carbocycles. The van der Waals surface area contributed by atoms with E-state index in [4.69, 9.17) is 11.6 Å². The van der Waals surface area contributed by atoms with Gasteiger partial charge in [0.2, 0.25) is 0 Å². The van der Waals surface area contributed by atoms with Gasteiger partial charge in [0, 0.05) is 16.8 Å². The summed E-state index contributed by atoms with van der Waals surface area (Å²) in [5.41, 5.74) is 0.633. The molecule has 1 rings (SSSR count). The summed E-state index contributed by atoms with van der Waals surface area (Å²) in [4.78, 5) is 0. The van der Waals surface area contributed by atoms with Crippen LogP contribution in [-0.2, 0) is 0 Å². The molecule has 0 amide bonds. The second-order valence-electron chi connectivity index (χ2n) is 2.40. The number of aromatic hydroxyl groups is 1. The zero-order valence-electron chi connectivity index (χ0n) is 6.85. The molecule has 68 valence electrons. The van der Waals surface area contributed by atoms with E-state index in [1.165, 1.54) is 0 Å². The summed E-state index contributed by atoms with van der Waals surface area (Å²) in [5, 5.41) is 9.43. The van der Waals surface area contributed by atoms with Crippen molar-refractivity contribution in [2.24, 2.45) is 0 Å². The quantitative estimate of drug-likeness (QED) is 0.607. The van der Waals surface area contributed by atoms with E-state index in [1.807, 2.05) is 6.07 Å². The van der Waals surface area contributed by atoms with Crippen LogP contribution < -0.4 is 0 Å². The van der Waals surface area contributed by atoms with Crippen molar-refractivity contribution < 1.29 is 5.11 Å².